The second-order valence-electron chi connectivity index (χ2n) is 9.59. The molecular formula is C29H27FN6O2P2S. The van der Waals surface area contributed by atoms with Gasteiger partial charge in [0.25, 0.3) is 5.56 Å². The molecule has 3 unspecified atom stereocenters. The zero-order chi connectivity index (χ0) is 28.8. The Morgan fingerprint density at radius 2 is 1.90 bits per heavy atom. The number of nitrogens with zero attached hydrogens (tertiary/aromatic N) is 5. The van der Waals surface area contributed by atoms with Gasteiger partial charge < -0.3 is 10.5 Å². The molecule has 6 aromatic rings. The van der Waals surface area contributed by atoms with Gasteiger partial charge in [-0.15, -0.1) is 20.6 Å². The highest BCUT2D eigenvalue weighted by Crippen LogP contribution is 2.38. The molecule has 4 aromatic heterocycles. The molecule has 2 N–H and O–H groups in total. The Morgan fingerprint density at radius 3 is 2.61 bits per heavy atom. The molecule has 0 amide bonds. The van der Waals surface area contributed by atoms with Crippen molar-refractivity contribution in [3.8, 4) is 28.1 Å². The molecule has 6 rings (SSSR count). The molecular weight excluding hydrogens is 577 g/mol. The third-order valence-electron chi connectivity index (χ3n) is 7.05. The summed E-state index contributed by atoms with van der Waals surface area (Å²) in [4.78, 5) is 23.7. The third kappa shape index (κ3) is 4.80. The summed E-state index contributed by atoms with van der Waals surface area (Å²) in [6.07, 6.45) is 0.527. The fourth-order valence-electron chi connectivity index (χ4n) is 5.25. The minimum absolute atomic E-state index is 0.0739. The molecule has 2 aromatic carbocycles. The van der Waals surface area contributed by atoms with Crippen molar-refractivity contribution in [3.05, 3.63) is 87.9 Å². The van der Waals surface area contributed by atoms with E-state index in [9.17, 15) is 9.18 Å². The molecule has 0 aliphatic heterocycles. The van der Waals surface area contributed by atoms with Crippen molar-refractivity contribution < 1.29 is 9.13 Å². The molecule has 0 saturated carbocycles. The first-order valence-corrected chi connectivity index (χ1v) is 15.0. The van der Waals surface area contributed by atoms with Gasteiger partial charge in [-0.1, -0.05) is 46.5 Å². The number of ether oxygens (including phenoxy) is 1. The maximum Gasteiger partial charge on any atom is 0.264 e. The smallest absolute Gasteiger partial charge is 0.264 e. The number of benzene rings is 2. The van der Waals surface area contributed by atoms with Gasteiger partial charge in [0.1, 0.15) is 28.4 Å². The number of nitrogen functional groups attached to an aromatic ring is 1. The highest BCUT2D eigenvalue weighted by Gasteiger charge is 2.27. The first-order valence-electron chi connectivity index (χ1n) is 12.9. The summed E-state index contributed by atoms with van der Waals surface area (Å²) < 4.78 is 22.3. The van der Waals surface area contributed by atoms with Crippen molar-refractivity contribution in [2.75, 3.05) is 5.73 Å². The van der Waals surface area contributed by atoms with Gasteiger partial charge in [-0.2, -0.15) is 9.49 Å². The van der Waals surface area contributed by atoms with Gasteiger partial charge in [-0.05, 0) is 48.7 Å². The molecule has 8 nitrogen and oxygen atoms in total. The van der Waals surface area contributed by atoms with Crippen molar-refractivity contribution in [1.29, 1.82) is 0 Å². The molecule has 0 bridgehead atoms. The van der Waals surface area contributed by atoms with Gasteiger partial charge in [-0.3, -0.25) is 9.20 Å². The minimum Gasteiger partial charge on any atom is -0.457 e. The summed E-state index contributed by atoms with van der Waals surface area (Å²) in [7, 11) is 4.54. The topological polar surface area (TPSA) is 100 Å². The summed E-state index contributed by atoms with van der Waals surface area (Å²) in [5.41, 5.74) is 11.4. The zero-order valence-corrected chi connectivity index (χ0v) is 25.4. The Kier molecular flexibility index (Phi) is 7.32. The van der Waals surface area contributed by atoms with Crippen LogP contribution in [0.1, 0.15) is 30.6 Å². The quantitative estimate of drug-likeness (QED) is 0.234. The molecule has 0 radical (unpaired) electrons. The highest BCUT2D eigenvalue weighted by molar-refractivity contribution is 7.27. The van der Waals surface area contributed by atoms with E-state index in [2.05, 4.69) is 32.2 Å². The number of pyridine rings is 1. The Balaban J connectivity index is 1.61. The van der Waals surface area contributed by atoms with Crippen LogP contribution in [0.2, 0.25) is 0 Å². The average molecular weight is 605 g/mol. The molecule has 4 heterocycles. The van der Waals surface area contributed by atoms with Crippen LogP contribution in [0.5, 0.6) is 5.75 Å². The zero-order valence-electron chi connectivity index (χ0n) is 22.3. The van der Waals surface area contributed by atoms with Crippen molar-refractivity contribution in [1.82, 2.24) is 24.1 Å². The van der Waals surface area contributed by atoms with Gasteiger partial charge in [-0.25, -0.2) is 14.6 Å². The van der Waals surface area contributed by atoms with Crippen molar-refractivity contribution >= 4 is 56.8 Å². The molecule has 0 fully saturated rings. The molecule has 0 aliphatic rings. The maximum atomic E-state index is 14.0. The Hall–Kier alpha value is -3.71. The van der Waals surface area contributed by atoms with Crippen LogP contribution in [0.3, 0.4) is 0 Å². The third-order valence-corrected chi connectivity index (χ3v) is 8.64. The molecule has 0 spiro atoms. The predicted molar refractivity (Wildman–Crippen MR) is 170 cm³/mol. The van der Waals surface area contributed by atoms with Crippen LogP contribution in [0, 0.1) is 6.92 Å². The van der Waals surface area contributed by atoms with Crippen LogP contribution in [0.15, 0.2) is 71.1 Å². The molecule has 4 atom stereocenters. The Labute approximate surface area is 243 Å². The van der Waals surface area contributed by atoms with Crippen molar-refractivity contribution in [3.63, 3.8) is 0 Å². The van der Waals surface area contributed by atoms with Gasteiger partial charge in [0.15, 0.2) is 5.65 Å². The number of hydrogen-bond acceptors (Lipinski definition) is 7. The maximum absolute atomic E-state index is 14.0. The molecule has 41 heavy (non-hydrogen) atoms. The Morgan fingerprint density at radius 1 is 1.12 bits per heavy atom. The van der Waals surface area contributed by atoms with E-state index in [0.29, 0.717) is 45.6 Å². The van der Waals surface area contributed by atoms with Crippen molar-refractivity contribution in [2.24, 2.45) is 0 Å². The van der Waals surface area contributed by atoms with Crippen LogP contribution in [0.25, 0.3) is 38.2 Å². The van der Waals surface area contributed by atoms with Crippen LogP contribution >= 0.6 is 29.8 Å². The van der Waals surface area contributed by atoms with E-state index in [0.717, 1.165) is 27.2 Å². The number of nitrogens with two attached hydrogens (primary N) is 1. The largest absolute Gasteiger partial charge is 0.457 e. The molecule has 0 saturated heterocycles. The lowest BCUT2D eigenvalue weighted by Crippen LogP contribution is -2.22. The van der Waals surface area contributed by atoms with Gasteiger partial charge in [0.05, 0.1) is 17.0 Å². The second kappa shape index (κ2) is 10.9. The first-order chi connectivity index (χ1) is 19.8. The summed E-state index contributed by atoms with van der Waals surface area (Å²) in [6.45, 7) is 4.00. The summed E-state index contributed by atoms with van der Waals surface area (Å²) in [6, 6.07) is 16.8. The fraction of sp³-hybridized carbons (Fsp3) is 0.172. The Bertz CT molecular complexity index is 1970. The van der Waals surface area contributed by atoms with E-state index in [4.69, 9.17) is 15.6 Å². The number of thiazole rings is 1. The highest BCUT2D eigenvalue weighted by atomic mass is 32.1. The number of aryl methyl sites for hydroxylation is 1. The lowest BCUT2D eigenvalue weighted by atomic mass is 9.95. The van der Waals surface area contributed by atoms with E-state index in [1.807, 2.05) is 62.6 Å². The lowest BCUT2D eigenvalue weighted by molar-refractivity contribution is 0.155. The summed E-state index contributed by atoms with van der Waals surface area (Å²) in [5.74, 6) is 0.686. The van der Waals surface area contributed by atoms with Crippen LogP contribution in [0.4, 0.5) is 10.2 Å². The monoisotopic (exact) mass is 604 g/mol. The van der Waals surface area contributed by atoms with E-state index in [1.54, 1.807) is 16.5 Å². The molecule has 12 heteroatoms. The number of rotatable bonds is 7. The fourth-order valence-corrected chi connectivity index (χ4v) is 6.66. The molecule has 208 valence electrons. The standard InChI is InChI=1S/C29H27FN6O2P2S/c1-3-19(18-12-22-35(15(2)13-41-22)28(37)23(18)16-7-5-4-6-8-16)36-27-24(26(31)32-14-33-27)25(34-36)17-9-10-20(21(39)11-17)38-29(30)40/h4-14,19,29H,3,39-40H2,1-2H3,(H2,31,32,33)/t19-,29?/m0/s1. The summed E-state index contributed by atoms with van der Waals surface area (Å²) >= 11 is 1.53. The van der Waals surface area contributed by atoms with E-state index < -0.39 is 6.10 Å². The number of fused-ring (bicyclic) bond motifs is 2. The number of alkyl halides is 1. The van der Waals surface area contributed by atoms with E-state index in [1.165, 1.54) is 17.7 Å². The normalized spacial score (nSPS) is 13.1. The van der Waals surface area contributed by atoms with Crippen LogP contribution in [-0.4, -0.2) is 30.2 Å². The number of halogens is 1. The first kappa shape index (κ1) is 27.5. The van der Waals surface area contributed by atoms with Crippen LogP contribution < -0.4 is 21.3 Å². The second-order valence-corrected chi connectivity index (χ2v) is 11.6. The minimum atomic E-state index is -1.53. The number of anilines is 1. The van der Waals surface area contributed by atoms with E-state index >= 15 is 0 Å². The van der Waals surface area contributed by atoms with E-state index in [-0.39, 0.29) is 11.6 Å². The van der Waals surface area contributed by atoms with Gasteiger partial charge >= 0.3 is 0 Å². The van der Waals surface area contributed by atoms with Gasteiger partial charge in [0, 0.05) is 21.9 Å². The van der Waals surface area contributed by atoms with Crippen molar-refractivity contribution in [2.45, 2.75) is 32.4 Å². The lowest BCUT2D eigenvalue weighted by Gasteiger charge is -2.21. The van der Waals surface area contributed by atoms with Gasteiger partial charge in [0.2, 0.25) is 6.10 Å². The number of aromatic nitrogens is 5. The van der Waals surface area contributed by atoms with Crippen LogP contribution in [-0.2, 0) is 0 Å². The SMILES string of the molecule is CC[C@@H](c1cc2scc(C)n2c(=O)c1-c1ccccc1)n1nc(-c2ccc(OC(F)P)c(P)c2)c2c(N)ncnc21. The average Bonchev–Trinajstić information content (AvgIpc) is 3.52. The molecule has 0 aliphatic carbocycles. The predicted octanol–water partition coefficient (Wildman–Crippen LogP) is 5.73. The number of hydrogen-bond donors (Lipinski definition) is 1. The summed E-state index contributed by atoms with van der Waals surface area (Å²) in [5, 5.41) is 8.30.